The number of anilines is 1. The second-order valence-corrected chi connectivity index (χ2v) is 7.10. The van der Waals surface area contributed by atoms with Crippen molar-refractivity contribution in [2.45, 2.75) is 11.8 Å². The van der Waals surface area contributed by atoms with Crippen LogP contribution in [-0.2, 0) is 10.0 Å². The molecule has 0 aromatic heterocycles. The summed E-state index contributed by atoms with van der Waals surface area (Å²) in [5.41, 5.74) is 0.237. The minimum Gasteiger partial charge on any atom is -0.492 e. The minimum atomic E-state index is -4.00. The molecule has 0 radical (unpaired) electrons. The Bertz CT molecular complexity index is 866. The van der Waals surface area contributed by atoms with Gasteiger partial charge in [-0.1, -0.05) is 23.2 Å². The van der Waals surface area contributed by atoms with Crippen molar-refractivity contribution >= 4 is 44.9 Å². The fraction of sp³-hybridized carbons (Fsp3) is 0.133. The Morgan fingerprint density at radius 2 is 1.79 bits per heavy atom. The van der Waals surface area contributed by atoms with Crippen LogP contribution in [0.3, 0.4) is 0 Å². The maximum Gasteiger partial charge on any atom is 0.335 e. The number of hydrogen-bond donors (Lipinski definition) is 2. The van der Waals surface area contributed by atoms with Gasteiger partial charge >= 0.3 is 5.97 Å². The average Bonchev–Trinajstić information content (AvgIpc) is 2.50. The molecule has 0 aliphatic carbocycles. The molecule has 0 spiro atoms. The summed E-state index contributed by atoms with van der Waals surface area (Å²) in [7, 11) is -4.00. The van der Waals surface area contributed by atoms with Crippen molar-refractivity contribution in [3.05, 3.63) is 52.0 Å². The van der Waals surface area contributed by atoms with Gasteiger partial charge in [-0.2, -0.15) is 0 Å². The van der Waals surface area contributed by atoms with Crippen molar-refractivity contribution in [1.29, 1.82) is 0 Å². The Labute approximate surface area is 149 Å². The van der Waals surface area contributed by atoms with E-state index < -0.39 is 16.0 Å². The van der Waals surface area contributed by atoms with Crippen LogP contribution >= 0.6 is 23.2 Å². The quantitative estimate of drug-likeness (QED) is 0.781. The third-order valence-electron chi connectivity index (χ3n) is 2.96. The van der Waals surface area contributed by atoms with Gasteiger partial charge in [0.2, 0.25) is 0 Å². The van der Waals surface area contributed by atoms with Crippen LogP contribution in [0.2, 0.25) is 10.0 Å². The van der Waals surface area contributed by atoms with Crippen molar-refractivity contribution < 1.29 is 23.1 Å². The van der Waals surface area contributed by atoms with Crippen molar-refractivity contribution in [2.24, 2.45) is 0 Å². The third kappa shape index (κ3) is 4.11. The number of carboxylic acid groups (broad SMARTS) is 1. The first-order chi connectivity index (χ1) is 11.2. The zero-order chi connectivity index (χ0) is 17.9. The molecule has 128 valence electrons. The maximum atomic E-state index is 12.5. The summed E-state index contributed by atoms with van der Waals surface area (Å²) in [4.78, 5) is 10.6. The molecule has 6 nitrogen and oxygen atoms in total. The Hall–Kier alpha value is -1.96. The Kier molecular flexibility index (Phi) is 5.58. The number of carboxylic acids is 1. The van der Waals surface area contributed by atoms with Gasteiger partial charge in [0.05, 0.1) is 22.2 Å². The monoisotopic (exact) mass is 389 g/mol. The van der Waals surface area contributed by atoms with Gasteiger partial charge in [0.25, 0.3) is 10.0 Å². The van der Waals surface area contributed by atoms with Gasteiger partial charge in [-0.15, -0.1) is 0 Å². The first-order valence-electron chi connectivity index (χ1n) is 6.72. The van der Waals surface area contributed by atoms with E-state index in [2.05, 4.69) is 4.72 Å². The molecule has 0 saturated carbocycles. The molecule has 0 aliphatic rings. The summed E-state index contributed by atoms with van der Waals surface area (Å²) in [6.45, 7) is 2.12. The van der Waals surface area contributed by atoms with Gasteiger partial charge < -0.3 is 9.84 Å². The van der Waals surface area contributed by atoms with E-state index in [4.69, 9.17) is 33.0 Å². The second-order valence-electron chi connectivity index (χ2n) is 4.63. The SMILES string of the molecule is CCOc1cc(Cl)c(S(=O)(=O)Nc2ccc(C(=O)O)cc2)cc1Cl. The van der Waals surface area contributed by atoms with Crippen LogP contribution in [0.4, 0.5) is 5.69 Å². The van der Waals surface area contributed by atoms with Crippen LogP contribution in [-0.4, -0.2) is 26.1 Å². The predicted octanol–water partition coefficient (Wildman–Crippen LogP) is 3.89. The predicted molar refractivity (Wildman–Crippen MR) is 91.8 cm³/mol. The van der Waals surface area contributed by atoms with Crippen LogP contribution < -0.4 is 9.46 Å². The van der Waals surface area contributed by atoms with Gasteiger partial charge in [0.15, 0.2) is 0 Å². The molecule has 0 unspecified atom stereocenters. The van der Waals surface area contributed by atoms with Crippen LogP contribution in [0.25, 0.3) is 0 Å². The summed E-state index contributed by atoms with van der Waals surface area (Å²) in [5, 5.41) is 8.91. The van der Waals surface area contributed by atoms with Crippen molar-refractivity contribution in [3.8, 4) is 5.75 Å². The van der Waals surface area contributed by atoms with Gasteiger partial charge in [-0.05, 0) is 37.3 Å². The Morgan fingerprint density at radius 1 is 1.17 bits per heavy atom. The minimum absolute atomic E-state index is 0.0418. The number of carbonyl (C=O) groups is 1. The molecule has 0 amide bonds. The van der Waals surface area contributed by atoms with Crippen LogP contribution in [0.1, 0.15) is 17.3 Å². The van der Waals surface area contributed by atoms with Gasteiger partial charge in [0.1, 0.15) is 10.6 Å². The standard InChI is InChI=1S/C15H13Cl2NO5S/c1-2-23-13-7-12(17)14(8-11(13)16)24(21,22)18-10-5-3-9(4-6-10)15(19)20/h3-8,18H,2H2,1H3,(H,19,20). The molecule has 0 aliphatic heterocycles. The maximum absolute atomic E-state index is 12.5. The van der Waals surface area contributed by atoms with E-state index in [0.717, 1.165) is 0 Å². The molecule has 0 atom stereocenters. The normalized spacial score (nSPS) is 11.1. The lowest BCUT2D eigenvalue weighted by molar-refractivity contribution is 0.0697. The van der Waals surface area contributed by atoms with E-state index in [0.29, 0.717) is 6.61 Å². The molecule has 2 aromatic carbocycles. The molecule has 2 aromatic rings. The molecule has 0 saturated heterocycles. The lowest BCUT2D eigenvalue weighted by Gasteiger charge is -2.12. The zero-order valence-electron chi connectivity index (χ0n) is 12.4. The lowest BCUT2D eigenvalue weighted by atomic mass is 10.2. The van der Waals surface area contributed by atoms with Crippen molar-refractivity contribution in [2.75, 3.05) is 11.3 Å². The van der Waals surface area contributed by atoms with E-state index in [9.17, 15) is 13.2 Å². The van der Waals surface area contributed by atoms with Crippen molar-refractivity contribution in [3.63, 3.8) is 0 Å². The number of ether oxygens (including phenoxy) is 1. The average molecular weight is 390 g/mol. The van der Waals surface area contributed by atoms with Crippen LogP contribution in [0.5, 0.6) is 5.75 Å². The first-order valence-corrected chi connectivity index (χ1v) is 8.96. The number of benzene rings is 2. The number of rotatable bonds is 6. The highest BCUT2D eigenvalue weighted by molar-refractivity contribution is 7.92. The molecular formula is C15H13Cl2NO5S. The lowest BCUT2D eigenvalue weighted by Crippen LogP contribution is -2.14. The van der Waals surface area contributed by atoms with E-state index >= 15 is 0 Å². The second kappa shape index (κ2) is 7.29. The summed E-state index contributed by atoms with van der Waals surface area (Å²) in [6, 6.07) is 7.77. The molecule has 2 rings (SSSR count). The summed E-state index contributed by atoms with van der Waals surface area (Å²) in [6.07, 6.45) is 0. The summed E-state index contributed by atoms with van der Waals surface area (Å²) in [5.74, 6) is -0.820. The topological polar surface area (TPSA) is 92.7 Å². The molecule has 24 heavy (non-hydrogen) atoms. The molecule has 0 bridgehead atoms. The zero-order valence-corrected chi connectivity index (χ0v) is 14.7. The highest BCUT2D eigenvalue weighted by Crippen LogP contribution is 2.34. The van der Waals surface area contributed by atoms with Crippen LogP contribution in [0.15, 0.2) is 41.3 Å². The number of nitrogens with one attached hydrogen (secondary N) is 1. The van der Waals surface area contributed by atoms with Gasteiger partial charge in [-0.3, -0.25) is 4.72 Å². The number of hydrogen-bond acceptors (Lipinski definition) is 4. The van der Waals surface area contributed by atoms with E-state index in [1.807, 2.05) is 0 Å². The molecule has 0 heterocycles. The smallest absolute Gasteiger partial charge is 0.335 e. The van der Waals surface area contributed by atoms with E-state index in [1.165, 1.54) is 36.4 Å². The third-order valence-corrected chi connectivity index (χ3v) is 5.10. The summed E-state index contributed by atoms with van der Waals surface area (Å²) >= 11 is 12.0. The van der Waals surface area contributed by atoms with Gasteiger partial charge in [0, 0.05) is 11.8 Å². The molecule has 0 fully saturated rings. The molecular weight excluding hydrogens is 377 g/mol. The number of aromatic carboxylic acids is 1. The van der Waals surface area contributed by atoms with Crippen molar-refractivity contribution in [1.82, 2.24) is 0 Å². The summed E-state index contributed by atoms with van der Waals surface area (Å²) < 4.78 is 32.5. The number of halogens is 2. The Morgan fingerprint density at radius 3 is 2.33 bits per heavy atom. The fourth-order valence-corrected chi connectivity index (χ4v) is 3.76. The van der Waals surface area contributed by atoms with E-state index in [1.54, 1.807) is 6.92 Å². The Balaban J connectivity index is 2.33. The van der Waals surface area contributed by atoms with E-state index in [-0.39, 0.29) is 31.9 Å². The van der Waals surface area contributed by atoms with Crippen LogP contribution in [0, 0.1) is 0 Å². The number of sulfonamides is 1. The van der Waals surface area contributed by atoms with Gasteiger partial charge in [-0.25, -0.2) is 13.2 Å². The highest BCUT2D eigenvalue weighted by Gasteiger charge is 2.21. The molecule has 2 N–H and O–H groups in total. The first kappa shape index (κ1) is 18.4. The fourth-order valence-electron chi connectivity index (χ4n) is 1.87. The molecule has 9 heteroatoms. The highest BCUT2D eigenvalue weighted by atomic mass is 35.5. The largest absolute Gasteiger partial charge is 0.492 e.